The molecule has 2 heterocycles. The highest BCUT2D eigenvalue weighted by molar-refractivity contribution is 5.97. The molecule has 1 atom stereocenters. The summed E-state index contributed by atoms with van der Waals surface area (Å²) in [7, 11) is 0. The lowest BCUT2D eigenvalue weighted by Crippen LogP contribution is -2.37. The topological polar surface area (TPSA) is 64.0 Å². The van der Waals surface area contributed by atoms with Gasteiger partial charge in [0.05, 0.1) is 6.54 Å². The Balaban J connectivity index is 2.11. The van der Waals surface area contributed by atoms with Crippen molar-refractivity contribution >= 4 is 16.9 Å². The van der Waals surface area contributed by atoms with Gasteiger partial charge < -0.3 is 5.32 Å². The van der Waals surface area contributed by atoms with Gasteiger partial charge in [0, 0.05) is 17.6 Å². The van der Waals surface area contributed by atoms with Crippen molar-refractivity contribution in [1.82, 2.24) is 14.9 Å². The number of halogens is 1. The quantitative estimate of drug-likeness (QED) is 0.766. The molecule has 1 amide bonds. The van der Waals surface area contributed by atoms with E-state index in [0.717, 1.165) is 12.0 Å². The van der Waals surface area contributed by atoms with E-state index in [1.165, 1.54) is 16.7 Å². The average Bonchev–Trinajstić information content (AvgIpc) is 2.65. The third-order valence-corrected chi connectivity index (χ3v) is 4.34. The lowest BCUT2D eigenvalue weighted by molar-refractivity contribution is 0.0937. The van der Waals surface area contributed by atoms with Crippen molar-refractivity contribution in [1.29, 1.82) is 0 Å². The van der Waals surface area contributed by atoms with E-state index in [-0.39, 0.29) is 24.0 Å². The van der Waals surface area contributed by atoms with Crippen molar-refractivity contribution in [2.75, 3.05) is 0 Å². The Morgan fingerprint density at radius 2 is 2.00 bits per heavy atom. The van der Waals surface area contributed by atoms with E-state index in [1.807, 2.05) is 19.9 Å². The number of hydrogen-bond donors (Lipinski definition) is 1. The molecule has 0 fully saturated rings. The van der Waals surface area contributed by atoms with Gasteiger partial charge >= 0.3 is 0 Å². The van der Waals surface area contributed by atoms with Crippen LogP contribution in [0.3, 0.4) is 0 Å². The van der Waals surface area contributed by atoms with Gasteiger partial charge in [-0.2, -0.15) is 0 Å². The summed E-state index contributed by atoms with van der Waals surface area (Å²) in [5.74, 6) is -0.742. The predicted molar refractivity (Wildman–Crippen MR) is 98.7 cm³/mol. The highest BCUT2D eigenvalue weighted by atomic mass is 19.1. The molecule has 0 bridgehead atoms. The number of aromatic nitrogens is 2. The molecule has 0 saturated heterocycles. The summed E-state index contributed by atoms with van der Waals surface area (Å²) in [6, 6.07) is 11.0. The van der Waals surface area contributed by atoms with Crippen LogP contribution in [-0.4, -0.2) is 21.5 Å². The first-order valence-corrected chi connectivity index (χ1v) is 8.53. The summed E-state index contributed by atoms with van der Waals surface area (Å²) in [5.41, 5.74) is 0.899. The minimum absolute atomic E-state index is 0.0305. The summed E-state index contributed by atoms with van der Waals surface area (Å²) >= 11 is 0. The van der Waals surface area contributed by atoms with Crippen LogP contribution in [0.5, 0.6) is 0 Å². The molecule has 3 aromatic rings. The number of rotatable bonds is 5. The van der Waals surface area contributed by atoms with Gasteiger partial charge in [-0.3, -0.25) is 14.2 Å². The largest absolute Gasteiger partial charge is 0.349 e. The van der Waals surface area contributed by atoms with Crippen LogP contribution < -0.4 is 10.9 Å². The zero-order chi connectivity index (χ0) is 18.7. The lowest BCUT2D eigenvalue weighted by Gasteiger charge is -2.14. The van der Waals surface area contributed by atoms with Crippen LogP contribution in [0.1, 0.15) is 36.2 Å². The fourth-order valence-electron chi connectivity index (χ4n) is 2.69. The van der Waals surface area contributed by atoms with Gasteiger partial charge in [0.2, 0.25) is 0 Å². The molecular weight excluding hydrogens is 333 g/mol. The van der Waals surface area contributed by atoms with Gasteiger partial charge in [-0.05, 0) is 49.2 Å². The Bertz CT molecular complexity index is 996. The van der Waals surface area contributed by atoms with Crippen LogP contribution in [0.25, 0.3) is 11.0 Å². The maximum atomic E-state index is 13.1. The molecule has 3 rings (SSSR count). The molecule has 0 aliphatic rings. The number of hydrogen-bond acceptors (Lipinski definition) is 3. The zero-order valence-corrected chi connectivity index (χ0v) is 14.7. The Kier molecular flexibility index (Phi) is 5.11. The maximum absolute atomic E-state index is 13.1. The Morgan fingerprint density at radius 3 is 2.69 bits per heavy atom. The molecule has 6 heteroatoms. The van der Waals surface area contributed by atoms with Crippen LogP contribution in [0.15, 0.2) is 53.5 Å². The molecule has 0 saturated carbocycles. The molecule has 5 nitrogen and oxygen atoms in total. The van der Waals surface area contributed by atoms with Gasteiger partial charge in [0.1, 0.15) is 17.0 Å². The van der Waals surface area contributed by atoms with Crippen molar-refractivity contribution < 1.29 is 9.18 Å². The number of nitrogens with one attached hydrogen (secondary N) is 1. The Hall–Kier alpha value is -3.02. The Labute approximate surface area is 150 Å². The van der Waals surface area contributed by atoms with Gasteiger partial charge in [-0.25, -0.2) is 9.37 Å². The monoisotopic (exact) mass is 353 g/mol. The smallest absolute Gasteiger partial charge is 0.265 e. The average molecular weight is 353 g/mol. The van der Waals surface area contributed by atoms with E-state index in [9.17, 15) is 14.0 Å². The van der Waals surface area contributed by atoms with Crippen LogP contribution in [0.2, 0.25) is 0 Å². The van der Waals surface area contributed by atoms with E-state index in [0.29, 0.717) is 11.0 Å². The normalized spacial score (nSPS) is 12.1. The van der Waals surface area contributed by atoms with Crippen molar-refractivity contribution in [2.45, 2.75) is 32.9 Å². The maximum Gasteiger partial charge on any atom is 0.265 e. The molecule has 0 unspecified atom stereocenters. The molecule has 0 radical (unpaired) electrons. The highest BCUT2D eigenvalue weighted by Gasteiger charge is 2.17. The summed E-state index contributed by atoms with van der Waals surface area (Å²) < 4.78 is 14.6. The molecule has 0 aliphatic carbocycles. The first-order valence-electron chi connectivity index (χ1n) is 8.53. The SMILES string of the molecule is CC[C@@H](C)NC(=O)c1cc2cccnc2n(Cc2ccc(F)cc2)c1=O. The number of amides is 1. The van der Waals surface area contributed by atoms with Crippen LogP contribution >= 0.6 is 0 Å². The highest BCUT2D eigenvalue weighted by Crippen LogP contribution is 2.13. The Morgan fingerprint density at radius 1 is 1.27 bits per heavy atom. The van der Waals surface area contributed by atoms with E-state index >= 15 is 0 Å². The van der Waals surface area contributed by atoms with Crippen molar-refractivity contribution in [2.24, 2.45) is 0 Å². The van der Waals surface area contributed by atoms with E-state index in [4.69, 9.17) is 0 Å². The number of benzene rings is 1. The molecule has 0 aliphatic heterocycles. The fourth-order valence-corrected chi connectivity index (χ4v) is 2.69. The van der Waals surface area contributed by atoms with Gasteiger partial charge in [-0.15, -0.1) is 0 Å². The van der Waals surface area contributed by atoms with E-state index in [2.05, 4.69) is 10.3 Å². The standard InChI is InChI=1S/C20H20FN3O2/c1-3-13(2)23-19(25)17-11-15-5-4-10-22-18(15)24(20(17)26)12-14-6-8-16(21)9-7-14/h4-11,13H,3,12H2,1-2H3,(H,23,25)/t13-/m1/s1. The molecule has 26 heavy (non-hydrogen) atoms. The van der Waals surface area contributed by atoms with Gasteiger partial charge in [0.15, 0.2) is 0 Å². The zero-order valence-electron chi connectivity index (χ0n) is 14.7. The van der Waals surface area contributed by atoms with Gasteiger partial charge in [0.25, 0.3) is 11.5 Å². The first-order chi connectivity index (χ1) is 12.5. The minimum atomic E-state index is -0.415. The molecule has 1 N–H and O–H groups in total. The molecule has 2 aromatic heterocycles. The van der Waals surface area contributed by atoms with Crippen molar-refractivity contribution in [3.8, 4) is 0 Å². The second-order valence-electron chi connectivity index (χ2n) is 6.27. The molecule has 0 spiro atoms. The third kappa shape index (κ3) is 3.64. The molecular formula is C20H20FN3O2. The van der Waals surface area contributed by atoms with Crippen molar-refractivity contribution in [3.63, 3.8) is 0 Å². The summed E-state index contributed by atoms with van der Waals surface area (Å²) in [4.78, 5) is 29.8. The number of nitrogens with zero attached hydrogens (tertiary/aromatic N) is 2. The van der Waals surface area contributed by atoms with E-state index in [1.54, 1.807) is 30.5 Å². The fraction of sp³-hybridized carbons (Fsp3) is 0.250. The van der Waals surface area contributed by atoms with Crippen molar-refractivity contribution in [3.05, 3.63) is 76.0 Å². The van der Waals surface area contributed by atoms with Gasteiger partial charge in [-0.1, -0.05) is 19.1 Å². The molecule has 1 aromatic carbocycles. The number of carbonyl (C=O) groups excluding carboxylic acids is 1. The predicted octanol–water partition coefficient (Wildman–Crippen LogP) is 3.11. The number of fused-ring (bicyclic) bond motifs is 1. The first kappa shape index (κ1) is 17.8. The number of carbonyl (C=O) groups is 1. The third-order valence-electron chi connectivity index (χ3n) is 4.34. The summed E-state index contributed by atoms with van der Waals surface area (Å²) in [6.45, 7) is 4.05. The minimum Gasteiger partial charge on any atom is -0.349 e. The summed E-state index contributed by atoms with van der Waals surface area (Å²) in [5, 5.41) is 3.53. The van der Waals surface area contributed by atoms with Crippen LogP contribution in [-0.2, 0) is 6.54 Å². The second kappa shape index (κ2) is 7.47. The summed E-state index contributed by atoms with van der Waals surface area (Å²) in [6.07, 6.45) is 2.37. The lowest BCUT2D eigenvalue weighted by atomic mass is 10.1. The van der Waals surface area contributed by atoms with Crippen LogP contribution in [0.4, 0.5) is 4.39 Å². The molecule has 134 valence electrons. The number of pyridine rings is 2. The second-order valence-corrected chi connectivity index (χ2v) is 6.27. The van der Waals surface area contributed by atoms with E-state index < -0.39 is 11.5 Å². The van der Waals surface area contributed by atoms with Crippen LogP contribution in [0, 0.1) is 5.82 Å².